The number of halogens is 2. The molecule has 0 aromatic carbocycles. The number of nitrogens with zero attached hydrogens (tertiary/aromatic N) is 2. The number of hydrogen-bond acceptors (Lipinski definition) is 4. The topological polar surface area (TPSA) is 52.7 Å². The van der Waals surface area contributed by atoms with Gasteiger partial charge in [0, 0.05) is 30.8 Å². The first-order chi connectivity index (χ1) is 13.4. The first kappa shape index (κ1) is 19.8. The van der Waals surface area contributed by atoms with Crippen molar-refractivity contribution in [2.45, 2.75) is 57.3 Å². The maximum Gasteiger partial charge on any atom is 0.257 e. The van der Waals surface area contributed by atoms with Crippen LogP contribution < -0.4 is 5.32 Å². The van der Waals surface area contributed by atoms with E-state index in [1.165, 1.54) is 16.2 Å². The summed E-state index contributed by atoms with van der Waals surface area (Å²) in [7, 11) is 0. The predicted molar refractivity (Wildman–Crippen MR) is 105 cm³/mol. The van der Waals surface area contributed by atoms with Crippen molar-refractivity contribution >= 4 is 28.2 Å². The molecule has 1 N–H and O–H groups in total. The number of hydrogen-bond donors (Lipinski definition) is 1. The number of carbonyl (C=O) groups excluding carboxylic acids is 2. The largest absolute Gasteiger partial charge is 0.338 e. The summed E-state index contributed by atoms with van der Waals surface area (Å²) in [6.07, 6.45) is 5.48. The normalized spacial score (nSPS) is 22.1. The second-order valence-corrected chi connectivity index (χ2v) is 9.20. The monoisotopic (exact) mass is 411 g/mol. The molecule has 1 aromatic heterocycles. The van der Waals surface area contributed by atoms with Crippen LogP contribution in [-0.2, 0) is 17.6 Å². The number of alkyl halides is 2. The van der Waals surface area contributed by atoms with Gasteiger partial charge in [0.1, 0.15) is 5.00 Å². The van der Waals surface area contributed by atoms with E-state index in [9.17, 15) is 18.4 Å². The van der Waals surface area contributed by atoms with Gasteiger partial charge < -0.3 is 10.2 Å². The molecule has 2 saturated heterocycles. The Hall–Kier alpha value is -1.54. The summed E-state index contributed by atoms with van der Waals surface area (Å²) in [6.45, 7) is 2.34. The summed E-state index contributed by atoms with van der Waals surface area (Å²) in [4.78, 5) is 30.6. The molecule has 2 amide bonds. The molecule has 0 unspecified atom stereocenters. The number of carbonyl (C=O) groups is 2. The number of fused-ring (bicyclic) bond motifs is 1. The molecule has 5 nitrogen and oxygen atoms in total. The summed E-state index contributed by atoms with van der Waals surface area (Å²) in [6, 6.07) is 0. The number of likely N-dealkylation sites (tertiary alicyclic amines) is 2. The van der Waals surface area contributed by atoms with Crippen LogP contribution in [0, 0.1) is 0 Å². The van der Waals surface area contributed by atoms with Gasteiger partial charge in [-0.2, -0.15) is 0 Å². The first-order valence-electron chi connectivity index (χ1n) is 10.3. The van der Waals surface area contributed by atoms with Gasteiger partial charge >= 0.3 is 0 Å². The van der Waals surface area contributed by atoms with E-state index in [0.717, 1.165) is 62.1 Å². The van der Waals surface area contributed by atoms with Gasteiger partial charge in [0.2, 0.25) is 5.91 Å². The molecule has 2 aliphatic heterocycles. The number of piperidine rings is 1. The van der Waals surface area contributed by atoms with Gasteiger partial charge in [-0.25, -0.2) is 8.78 Å². The van der Waals surface area contributed by atoms with Crippen molar-refractivity contribution in [2.24, 2.45) is 0 Å². The van der Waals surface area contributed by atoms with E-state index in [0.29, 0.717) is 17.1 Å². The lowest BCUT2D eigenvalue weighted by atomic mass is 9.94. The van der Waals surface area contributed by atoms with Crippen molar-refractivity contribution in [3.8, 4) is 0 Å². The van der Waals surface area contributed by atoms with Gasteiger partial charge in [0.15, 0.2) is 0 Å². The molecular formula is C20H27F2N3O2S. The molecule has 0 atom stereocenters. The van der Waals surface area contributed by atoms with E-state index < -0.39 is 5.92 Å². The lowest BCUT2D eigenvalue weighted by molar-refractivity contribution is -0.117. The number of aryl methyl sites for hydroxylation is 1. The maximum atomic E-state index is 13.5. The average molecular weight is 412 g/mol. The number of amides is 2. The molecule has 1 aromatic rings. The van der Waals surface area contributed by atoms with E-state index in [-0.39, 0.29) is 37.7 Å². The van der Waals surface area contributed by atoms with Gasteiger partial charge in [0.05, 0.1) is 12.1 Å². The van der Waals surface area contributed by atoms with Crippen LogP contribution in [0.1, 0.15) is 59.3 Å². The molecular weight excluding hydrogens is 384 g/mol. The first-order valence-corrected chi connectivity index (χ1v) is 11.1. The van der Waals surface area contributed by atoms with E-state index in [2.05, 4.69) is 10.2 Å². The van der Waals surface area contributed by atoms with Crippen LogP contribution in [0.5, 0.6) is 0 Å². The summed E-state index contributed by atoms with van der Waals surface area (Å²) >= 11 is 1.49. The summed E-state index contributed by atoms with van der Waals surface area (Å²) in [5.74, 6) is -2.98. The number of nitrogens with one attached hydrogen (secondary N) is 1. The fourth-order valence-corrected chi connectivity index (χ4v) is 5.68. The van der Waals surface area contributed by atoms with Crippen molar-refractivity contribution in [3.63, 3.8) is 0 Å². The highest BCUT2D eigenvalue weighted by Gasteiger charge is 2.37. The molecule has 0 radical (unpaired) electrons. The number of thiophene rings is 1. The van der Waals surface area contributed by atoms with Crippen LogP contribution in [0.2, 0.25) is 0 Å². The number of anilines is 1. The van der Waals surface area contributed by atoms with Gasteiger partial charge in [-0.1, -0.05) is 0 Å². The Morgan fingerprint density at radius 2 is 1.68 bits per heavy atom. The molecule has 8 heteroatoms. The van der Waals surface area contributed by atoms with Crippen LogP contribution in [0.15, 0.2) is 0 Å². The Bertz CT molecular complexity index is 749. The Morgan fingerprint density at radius 3 is 2.39 bits per heavy atom. The van der Waals surface area contributed by atoms with Gasteiger partial charge in [-0.05, 0) is 57.2 Å². The minimum atomic E-state index is -2.68. The van der Waals surface area contributed by atoms with Crippen molar-refractivity contribution < 1.29 is 18.4 Å². The highest BCUT2D eigenvalue weighted by Crippen LogP contribution is 2.39. The second kappa shape index (κ2) is 8.06. The molecule has 2 fully saturated rings. The van der Waals surface area contributed by atoms with Gasteiger partial charge in [-0.3, -0.25) is 14.5 Å². The fraction of sp³-hybridized carbons (Fsp3) is 0.700. The molecule has 0 bridgehead atoms. The van der Waals surface area contributed by atoms with E-state index in [1.807, 2.05) is 0 Å². The zero-order valence-electron chi connectivity index (χ0n) is 16.1. The van der Waals surface area contributed by atoms with Crippen LogP contribution in [0.4, 0.5) is 13.8 Å². The van der Waals surface area contributed by atoms with Gasteiger partial charge in [-0.15, -0.1) is 11.3 Å². The Labute approximate surface area is 168 Å². The Morgan fingerprint density at radius 1 is 1.00 bits per heavy atom. The quantitative estimate of drug-likeness (QED) is 0.825. The lowest BCUT2D eigenvalue weighted by Crippen LogP contribution is -2.43. The standard InChI is InChI=1S/C20H27F2N3O2S/c21-20(22)7-11-25(12-8-20)19(27)17-14-5-1-2-6-15(14)28-18(17)23-16(26)13-24-9-3-4-10-24/h1-13H2,(H,23,26). The van der Waals surface area contributed by atoms with Crippen LogP contribution in [0.25, 0.3) is 0 Å². The zero-order chi connectivity index (χ0) is 19.7. The molecule has 3 aliphatic rings. The molecule has 0 saturated carbocycles. The van der Waals surface area contributed by atoms with E-state index in [4.69, 9.17) is 0 Å². The Kier molecular flexibility index (Phi) is 5.69. The fourth-order valence-electron chi connectivity index (χ4n) is 4.39. The number of rotatable bonds is 4. The highest BCUT2D eigenvalue weighted by molar-refractivity contribution is 7.17. The molecule has 1 aliphatic carbocycles. The summed E-state index contributed by atoms with van der Waals surface area (Å²) in [5, 5.41) is 3.58. The third-order valence-electron chi connectivity index (χ3n) is 5.99. The van der Waals surface area contributed by atoms with Crippen molar-refractivity contribution in [1.82, 2.24) is 9.80 Å². The van der Waals surface area contributed by atoms with E-state index in [1.54, 1.807) is 0 Å². The third kappa shape index (κ3) is 4.22. The SMILES string of the molecule is O=C(CN1CCCC1)Nc1sc2c(c1C(=O)N1CCC(F)(F)CC1)CCCC2. The predicted octanol–water partition coefficient (Wildman–Crippen LogP) is 3.53. The minimum absolute atomic E-state index is 0.0671. The molecule has 0 spiro atoms. The lowest BCUT2D eigenvalue weighted by Gasteiger charge is -2.32. The van der Waals surface area contributed by atoms with Crippen LogP contribution in [-0.4, -0.2) is 60.3 Å². The molecule has 4 rings (SSSR count). The average Bonchev–Trinajstić information content (AvgIpc) is 3.28. The second-order valence-electron chi connectivity index (χ2n) is 8.09. The molecule has 28 heavy (non-hydrogen) atoms. The van der Waals surface area contributed by atoms with E-state index >= 15 is 0 Å². The smallest absolute Gasteiger partial charge is 0.257 e. The van der Waals surface area contributed by atoms with Crippen LogP contribution >= 0.6 is 11.3 Å². The maximum absolute atomic E-state index is 13.5. The highest BCUT2D eigenvalue weighted by atomic mass is 32.1. The van der Waals surface area contributed by atoms with Crippen molar-refractivity contribution in [1.29, 1.82) is 0 Å². The minimum Gasteiger partial charge on any atom is -0.338 e. The summed E-state index contributed by atoms with van der Waals surface area (Å²) in [5.41, 5.74) is 1.58. The Balaban J connectivity index is 1.54. The molecule has 154 valence electrons. The molecule has 3 heterocycles. The zero-order valence-corrected chi connectivity index (χ0v) is 16.9. The third-order valence-corrected chi connectivity index (χ3v) is 7.19. The van der Waals surface area contributed by atoms with Crippen molar-refractivity contribution in [2.75, 3.05) is 38.0 Å². The van der Waals surface area contributed by atoms with Gasteiger partial charge in [0.25, 0.3) is 11.8 Å². The van der Waals surface area contributed by atoms with Crippen molar-refractivity contribution in [3.05, 3.63) is 16.0 Å². The van der Waals surface area contributed by atoms with Crippen LogP contribution in [0.3, 0.4) is 0 Å². The summed E-state index contributed by atoms with van der Waals surface area (Å²) < 4.78 is 27.0.